The van der Waals surface area contributed by atoms with Crippen molar-refractivity contribution in [2.45, 2.75) is 31.2 Å². The summed E-state index contributed by atoms with van der Waals surface area (Å²) in [6, 6.07) is 11.7. The lowest BCUT2D eigenvalue weighted by Crippen LogP contribution is -2.50. The first-order chi connectivity index (χ1) is 14.9. The zero-order valence-electron chi connectivity index (χ0n) is 16.6. The minimum atomic E-state index is -0.745. The number of halogens is 2. The van der Waals surface area contributed by atoms with E-state index < -0.39 is 30.1 Å². The number of ether oxygens (including phenoxy) is 1. The van der Waals surface area contributed by atoms with Crippen LogP contribution < -0.4 is 16.0 Å². The summed E-state index contributed by atoms with van der Waals surface area (Å²) in [5.74, 6) is -0.776. The standard InChI is InChI=1S/C22H23ClFN3O4/c23-15-7-5-14(6-8-15)12-25-21(29)11-16-9-10-19(20(13-28)31-16)27-22(30)26-18-4-2-1-3-17(18)24/h1-10,16,19-20,28H,11-13H2,(H,25,29)(H2,26,27,30)/t16-,19+,20+/m0/s1. The molecule has 0 aromatic heterocycles. The summed E-state index contributed by atoms with van der Waals surface area (Å²) in [5, 5.41) is 18.1. The minimum absolute atomic E-state index is 0.0384. The van der Waals surface area contributed by atoms with Crippen molar-refractivity contribution >= 4 is 29.2 Å². The summed E-state index contributed by atoms with van der Waals surface area (Å²) in [6.45, 7) is -0.00581. The van der Waals surface area contributed by atoms with Gasteiger partial charge in [-0.2, -0.15) is 0 Å². The maximum Gasteiger partial charge on any atom is 0.319 e. The average molecular weight is 448 g/mol. The van der Waals surface area contributed by atoms with Gasteiger partial charge >= 0.3 is 6.03 Å². The van der Waals surface area contributed by atoms with E-state index >= 15 is 0 Å². The van der Waals surface area contributed by atoms with Crippen molar-refractivity contribution < 1.29 is 23.8 Å². The second-order valence-electron chi connectivity index (χ2n) is 6.99. The van der Waals surface area contributed by atoms with Crippen LogP contribution in [-0.2, 0) is 16.1 Å². The number of nitrogens with one attached hydrogen (secondary N) is 3. The Morgan fingerprint density at radius 1 is 1.10 bits per heavy atom. The number of hydrogen-bond donors (Lipinski definition) is 4. The van der Waals surface area contributed by atoms with Gasteiger partial charge in [0.1, 0.15) is 11.9 Å². The van der Waals surface area contributed by atoms with E-state index in [2.05, 4.69) is 16.0 Å². The molecule has 2 aromatic rings. The highest BCUT2D eigenvalue weighted by Crippen LogP contribution is 2.17. The van der Waals surface area contributed by atoms with E-state index in [4.69, 9.17) is 16.3 Å². The molecule has 0 bridgehead atoms. The molecule has 0 unspecified atom stereocenters. The normalized spacial score (nSPS) is 20.2. The number of carbonyl (C=O) groups excluding carboxylic acids is 2. The van der Waals surface area contributed by atoms with Crippen LogP contribution in [0, 0.1) is 5.82 Å². The Labute approximate surface area is 184 Å². The number of anilines is 1. The first kappa shape index (κ1) is 22.7. The van der Waals surface area contributed by atoms with Gasteiger partial charge in [-0.1, -0.05) is 48.0 Å². The molecule has 0 aliphatic carbocycles. The van der Waals surface area contributed by atoms with Crippen LogP contribution in [0.3, 0.4) is 0 Å². The Bertz CT molecular complexity index is 939. The van der Waals surface area contributed by atoms with Gasteiger partial charge in [0, 0.05) is 11.6 Å². The zero-order valence-corrected chi connectivity index (χ0v) is 17.3. The monoisotopic (exact) mass is 447 g/mol. The summed E-state index contributed by atoms with van der Waals surface area (Å²) in [7, 11) is 0. The zero-order chi connectivity index (χ0) is 22.2. The number of urea groups is 1. The number of amides is 3. The number of aliphatic hydroxyl groups excluding tert-OH is 1. The van der Waals surface area contributed by atoms with Crippen molar-refractivity contribution in [1.82, 2.24) is 10.6 Å². The molecular formula is C22H23ClFN3O4. The maximum absolute atomic E-state index is 13.7. The number of hydrogen-bond acceptors (Lipinski definition) is 4. The van der Waals surface area contributed by atoms with E-state index in [1.54, 1.807) is 30.4 Å². The van der Waals surface area contributed by atoms with Crippen LogP contribution in [0.5, 0.6) is 0 Å². The Morgan fingerprint density at radius 3 is 2.55 bits per heavy atom. The highest BCUT2D eigenvalue weighted by Gasteiger charge is 2.29. The smallest absolute Gasteiger partial charge is 0.319 e. The van der Waals surface area contributed by atoms with E-state index in [9.17, 15) is 19.1 Å². The number of benzene rings is 2. The lowest BCUT2D eigenvalue weighted by atomic mass is 10.0. The van der Waals surface area contributed by atoms with Gasteiger partial charge in [0.05, 0.1) is 30.9 Å². The predicted molar refractivity (Wildman–Crippen MR) is 115 cm³/mol. The molecule has 0 fully saturated rings. The molecule has 0 spiro atoms. The van der Waals surface area contributed by atoms with Crippen LogP contribution in [0.1, 0.15) is 12.0 Å². The SMILES string of the molecule is O=C(C[C@@H]1C=C[C@@H](NC(=O)Nc2ccccc2F)[C@@H](CO)O1)NCc1ccc(Cl)cc1. The molecule has 1 heterocycles. The molecule has 1 aliphatic heterocycles. The molecule has 3 atom stereocenters. The Balaban J connectivity index is 1.49. The molecule has 0 radical (unpaired) electrons. The van der Waals surface area contributed by atoms with Crippen LogP contribution in [0.2, 0.25) is 5.02 Å². The third kappa shape index (κ3) is 6.78. The minimum Gasteiger partial charge on any atom is -0.394 e. The predicted octanol–water partition coefficient (Wildman–Crippen LogP) is 2.99. The summed E-state index contributed by atoms with van der Waals surface area (Å²) in [5.41, 5.74) is 0.952. The van der Waals surface area contributed by atoms with Crippen LogP contribution in [0.25, 0.3) is 0 Å². The van der Waals surface area contributed by atoms with Crippen molar-refractivity contribution in [2.75, 3.05) is 11.9 Å². The lowest BCUT2D eigenvalue weighted by molar-refractivity contribution is -0.125. The van der Waals surface area contributed by atoms with Gasteiger partial charge in [-0.3, -0.25) is 4.79 Å². The number of aliphatic hydroxyl groups is 1. The molecular weight excluding hydrogens is 425 g/mol. The Hall–Kier alpha value is -2.94. The fourth-order valence-corrected chi connectivity index (χ4v) is 3.19. The largest absolute Gasteiger partial charge is 0.394 e. The van der Waals surface area contributed by atoms with Crippen molar-refractivity contribution in [3.05, 3.63) is 77.1 Å². The molecule has 9 heteroatoms. The van der Waals surface area contributed by atoms with E-state index in [0.29, 0.717) is 11.6 Å². The second-order valence-corrected chi connectivity index (χ2v) is 7.43. The summed E-state index contributed by atoms with van der Waals surface area (Å²) >= 11 is 5.84. The quantitative estimate of drug-likeness (QED) is 0.490. The molecule has 3 amide bonds. The number of para-hydroxylation sites is 1. The van der Waals surface area contributed by atoms with Crippen molar-refractivity contribution in [1.29, 1.82) is 0 Å². The van der Waals surface area contributed by atoms with Crippen LogP contribution in [0.15, 0.2) is 60.7 Å². The highest BCUT2D eigenvalue weighted by atomic mass is 35.5. The molecule has 31 heavy (non-hydrogen) atoms. The van der Waals surface area contributed by atoms with E-state index in [1.165, 1.54) is 18.2 Å². The van der Waals surface area contributed by atoms with Crippen LogP contribution >= 0.6 is 11.6 Å². The first-order valence-corrected chi connectivity index (χ1v) is 10.1. The number of rotatable bonds is 7. The molecule has 7 nitrogen and oxygen atoms in total. The van der Waals surface area contributed by atoms with Gasteiger partial charge in [0.15, 0.2) is 0 Å². The first-order valence-electron chi connectivity index (χ1n) is 9.72. The summed E-state index contributed by atoms with van der Waals surface area (Å²) in [4.78, 5) is 24.4. The highest BCUT2D eigenvalue weighted by molar-refractivity contribution is 6.30. The van der Waals surface area contributed by atoms with Crippen molar-refractivity contribution in [3.63, 3.8) is 0 Å². The van der Waals surface area contributed by atoms with Gasteiger partial charge in [0.2, 0.25) is 5.91 Å². The molecule has 4 N–H and O–H groups in total. The fourth-order valence-electron chi connectivity index (χ4n) is 3.07. The van der Waals surface area contributed by atoms with Gasteiger partial charge < -0.3 is 25.8 Å². The molecule has 0 saturated heterocycles. The number of carbonyl (C=O) groups is 2. The Kier molecular flexibility index (Phi) is 8.00. The topological polar surface area (TPSA) is 99.7 Å². The van der Waals surface area contributed by atoms with E-state index in [-0.39, 0.29) is 24.6 Å². The van der Waals surface area contributed by atoms with Crippen molar-refractivity contribution in [2.24, 2.45) is 0 Å². The van der Waals surface area contributed by atoms with Gasteiger partial charge in [-0.05, 0) is 29.8 Å². The summed E-state index contributed by atoms with van der Waals surface area (Å²) < 4.78 is 19.4. The van der Waals surface area contributed by atoms with Gasteiger partial charge in [0.25, 0.3) is 0 Å². The van der Waals surface area contributed by atoms with Crippen LogP contribution in [0.4, 0.5) is 14.9 Å². The van der Waals surface area contributed by atoms with Gasteiger partial charge in [-0.25, -0.2) is 9.18 Å². The second kappa shape index (κ2) is 10.9. The Morgan fingerprint density at radius 2 is 1.84 bits per heavy atom. The van der Waals surface area contributed by atoms with Crippen LogP contribution in [-0.4, -0.2) is 41.9 Å². The molecule has 1 aliphatic rings. The summed E-state index contributed by atoms with van der Waals surface area (Å²) in [6.07, 6.45) is 2.08. The molecule has 2 aromatic carbocycles. The fraction of sp³-hybridized carbons (Fsp3) is 0.273. The molecule has 3 rings (SSSR count). The van der Waals surface area contributed by atoms with E-state index in [1.807, 2.05) is 12.1 Å². The maximum atomic E-state index is 13.7. The van der Waals surface area contributed by atoms with Crippen molar-refractivity contribution in [3.8, 4) is 0 Å². The average Bonchev–Trinajstić information content (AvgIpc) is 2.76. The third-order valence-corrected chi connectivity index (χ3v) is 4.92. The lowest BCUT2D eigenvalue weighted by Gasteiger charge is -2.31. The van der Waals surface area contributed by atoms with Gasteiger partial charge in [-0.15, -0.1) is 0 Å². The molecule has 164 valence electrons. The molecule has 0 saturated carbocycles. The third-order valence-electron chi connectivity index (χ3n) is 4.67. The van der Waals surface area contributed by atoms with E-state index in [0.717, 1.165) is 5.56 Å².